The lowest BCUT2D eigenvalue weighted by atomic mass is 10.0. The maximum atomic E-state index is 9.42. The van der Waals surface area contributed by atoms with Crippen LogP contribution in [0.15, 0.2) is 0 Å². The van der Waals surface area contributed by atoms with E-state index in [0.29, 0.717) is 5.92 Å². The molecule has 0 aliphatic heterocycles. The van der Waals surface area contributed by atoms with Crippen molar-refractivity contribution in [2.45, 2.75) is 39.2 Å². The van der Waals surface area contributed by atoms with Crippen molar-refractivity contribution < 1.29 is 5.11 Å². The van der Waals surface area contributed by atoms with Crippen molar-refractivity contribution >= 4 is 0 Å². The molecule has 0 radical (unpaired) electrons. The van der Waals surface area contributed by atoms with Crippen LogP contribution in [0.1, 0.15) is 33.1 Å². The standard InChI is InChI=1S/C9H21NO/c1-8(2)7-9(11)5-4-6-10-3/h8-11H,4-7H2,1-3H3. The molecule has 0 spiro atoms. The summed E-state index contributed by atoms with van der Waals surface area (Å²) in [7, 11) is 1.94. The number of hydrogen-bond acceptors (Lipinski definition) is 2. The Kier molecular flexibility index (Phi) is 6.57. The van der Waals surface area contributed by atoms with E-state index in [-0.39, 0.29) is 6.10 Å². The topological polar surface area (TPSA) is 32.3 Å². The maximum Gasteiger partial charge on any atom is 0.0543 e. The van der Waals surface area contributed by atoms with Gasteiger partial charge in [-0.1, -0.05) is 13.8 Å². The summed E-state index contributed by atoms with van der Waals surface area (Å²) in [6.07, 6.45) is 2.84. The highest BCUT2D eigenvalue weighted by atomic mass is 16.3. The SMILES string of the molecule is CNCCCC(O)CC(C)C. The predicted octanol–water partition coefficient (Wildman–Crippen LogP) is 1.39. The molecule has 0 amide bonds. The average molecular weight is 159 g/mol. The van der Waals surface area contributed by atoms with Gasteiger partial charge in [0.25, 0.3) is 0 Å². The lowest BCUT2D eigenvalue weighted by Gasteiger charge is -2.12. The summed E-state index contributed by atoms with van der Waals surface area (Å²) in [6.45, 7) is 5.29. The lowest BCUT2D eigenvalue weighted by molar-refractivity contribution is 0.137. The molecule has 0 aromatic heterocycles. The smallest absolute Gasteiger partial charge is 0.0543 e. The molecular weight excluding hydrogens is 138 g/mol. The number of hydrogen-bond donors (Lipinski definition) is 2. The Morgan fingerprint density at radius 3 is 2.45 bits per heavy atom. The van der Waals surface area contributed by atoms with Gasteiger partial charge in [0.2, 0.25) is 0 Å². The van der Waals surface area contributed by atoms with E-state index in [0.717, 1.165) is 25.8 Å². The van der Waals surface area contributed by atoms with Gasteiger partial charge in [-0.25, -0.2) is 0 Å². The van der Waals surface area contributed by atoms with Crippen LogP contribution >= 0.6 is 0 Å². The second-order valence-corrected chi connectivity index (χ2v) is 3.53. The van der Waals surface area contributed by atoms with E-state index in [1.165, 1.54) is 0 Å². The van der Waals surface area contributed by atoms with Gasteiger partial charge >= 0.3 is 0 Å². The summed E-state index contributed by atoms with van der Waals surface area (Å²) in [4.78, 5) is 0. The maximum absolute atomic E-state index is 9.42. The van der Waals surface area contributed by atoms with E-state index < -0.39 is 0 Å². The molecule has 2 heteroatoms. The minimum absolute atomic E-state index is 0.0941. The minimum atomic E-state index is -0.0941. The quantitative estimate of drug-likeness (QED) is 0.574. The fourth-order valence-electron chi connectivity index (χ4n) is 1.18. The number of rotatable bonds is 6. The molecule has 2 nitrogen and oxygen atoms in total. The van der Waals surface area contributed by atoms with Gasteiger partial charge in [-0.05, 0) is 38.8 Å². The molecule has 0 fully saturated rings. The molecular formula is C9H21NO. The molecule has 1 atom stereocenters. The van der Waals surface area contributed by atoms with Crippen LogP contribution in [0.5, 0.6) is 0 Å². The Labute approximate surface area is 70.0 Å². The van der Waals surface area contributed by atoms with Crippen molar-refractivity contribution in [3.05, 3.63) is 0 Å². The first kappa shape index (κ1) is 10.9. The van der Waals surface area contributed by atoms with E-state index in [2.05, 4.69) is 19.2 Å². The Balaban J connectivity index is 3.15. The van der Waals surface area contributed by atoms with E-state index >= 15 is 0 Å². The van der Waals surface area contributed by atoms with Crippen LogP contribution in [0.25, 0.3) is 0 Å². The fraction of sp³-hybridized carbons (Fsp3) is 1.00. The predicted molar refractivity (Wildman–Crippen MR) is 48.6 cm³/mol. The van der Waals surface area contributed by atoms with Gasteiger partial charge in [0.1, 0.15) is 0 Å². The molecule has 2 N–H and O–H groups in total. The molecule has 0 saturated carbocycles. The second-order valence-electron chi connectivity index (χ2n) is 3.53. The van der Waals surface area contributed by atoms with E-state index in [9.17, 15) is 5.11 Å². The van der Waals surface area contributed by atoms with E-state index in [1.807, 2.05) is 7.05 Å². The Bertz CT molecular complexity index is 83.6. The minimum Gasteiger partial charge on any atom is -0.393 e. The molecule has 0 aromatic rings. The normalized spacial score (nSPS) is 13.9. The highest BCUT2D eigenvalue weighted by molar-refractivity contribution is 4.58. The van der Waals surface area contributed by atoms with Crippen molar-refractivity contribution in [1.29, 1.82) is 0 Å². The van der Waals surface area contributed by atoms with E-state index in [4.69, 9.17) is 0 Å². The summed E-state index contributed by atoms with van der Waals surface area (Å²) in [5, 5.41) is 12.5. The van der Waals surface area contributed by atoms with Crippen molar-refractivity contribution in [1.82, 2.24) is 5.32 Å². The third-order valence-electron chi connectivity index (χ3n) is 1.71. The average Bonchev–Trinajstić information content (AvgIpc) is 1.86. The monoisotopic (exact) mass is 159 g/mol. The van der Waals surface area contributed by atoms with Crippen LogP contribution in [-0.4, -0.2) is 24.8 Å². The largest absolute Gasteiger partial charge is 0.393 e. The number of nitrogens with one attached hydrogen (secondary N) is 1. The van der Waals surface area contributed by atoms with Crippen LogP contribution in [-0.2, 0) is 0 Å². The first-order valence-electron chi connectivity index (χ1n) is 4.49. The molecule has 1 unspecified atom stereocenters. The van der Waals surface area contributed by atoms with Gasteiger partial charge < -0.3 is 10.4 Å². The van der Waals surface area contributed by atoms with Crippen molar-refractivity contribution in [3.63, 3.8) is 0 Å². The molecule has 0 saturated heterocycles. The second kappa shape index (κ2) is 6.62. The van der Waals surface area contributed by atoms with Crippen molar-refractivity contribution in [2.24, 2.45) is 5.92 Å². The Morgan fingerprint density at radius 1 is 1.36 bits per heavy atom. The van der Waals surface area contributed by atoms with Gasteiger partial charge in [0.15, 0.2) is 0 Å². The molecule has 0 aliphatic carbocycles. The first-order chi connectivity index (χ1) is 5.16. The van der Waals surface area contributed by atoms with Crippen LogP contribution < -0.4 is 5.32 Å². The summed E-state index contributed by atoms with van der Waals surface area (Å²) in [6, 6.07) is 0. The summed E-state index contributed by atoms with van der Waals surface area (Å²) in [5.41, 5.74) is 0. The lowest BCUT2D eigenvalue weighted by Crippen LogP contribution is -2.14. The Morgan fingerprint density at radius 2 is 2.00 bits per heavy atom. The van der Waals surface area contributed by atoms with Gasteiger partial charge in [0.05, 0.1) is 6.10 Å². The first-order valence-corrected chi connectivity index (χ1v) is 4.49. The summed E-state index contributed by atoms with van der Waals surface area (Å²) in [5.74, 6) is 0.611. The van der Waals surface area contributed by atoms with Crippen LogP contribution in [0.4, 0.5) is 0 Å². The summed E-state index contributed by atoms with van der Waals surface area (Å²) < 4.78 is 0. The molecule has 0 aliphatic rings. The van der Waals surface area contributed by atoms with Crippen LogP contribution in [0, 0.1) is 5.92 Å². The Hall–Kier alpha value is -0.0800. The molecule has 0 heterocycles. The van der Waals surface area contributed by atoms with Crippen molar-refractivity contribution in [3.8, 4) is 0 Å². The highest BCUT2D eigenvalue weighted by Crippen LogP contribution is 2.08. The third kappa shape index (κ3) is 7.82. The van der Waals surface area contributed by atoms with Crippen molar-refractivity contribution in [2.75, 3.05) is 13.6 Å². The third-order valence-corrected chi connectivity index (χ3v) is 1.71. The molecule has 0 rings (SSSR count). The van der Waals surface area contributed by atoms with Crippen LogP contribution in [0.2, 0.25) is 0 Å². The van der Waals surface area contributed by atoms with E-state index in [1.54, 1.807) is 0 Å². The molecule has 11 heavy (non-hydrogen) atoms. The van der Waals surface area contributed by atoms with Gasteiger partial charge in [-0.3, -0.25) is 0 Å². The van der Waals surface area contributed by atoms with Gasteiger partial charge in [-0.2, -0.15) is 0 Å². The number of aliphatic hydroxyl groups excluding tert-OH is 1. The molecule has 0 bridgehead atoms. The highest BCUT2D eigenvalue weighted by Gasteiger charge is 2.05. The van der Waals surface area contributed by atoms with Crippen LogP contribution in [0.3, 0.4) is 0 Å². The fourth-order valence-corrected chi connectivity index (χ4v) is 1.18. The molecule has 0 aromatic carbocycles. The van der Waals surface area contributed by atoms with Gasteiger partial charge in [0, 0.05) is 0 Å². The van der Waals surface area contributed by atoms with Gasteiger partial charge in [-0.15, -0.1) is 0 Å². The summed E-state index contributed by atoms with van der Waals surface area (Å²) >= 11 is 0. The number of aliphatic hydroxyl groups is 1. The zero-order valence-electron chi connectivity index (χ0n) is 7.93. The molecule has 68 valence electrons. The zero-order chi connectivity index (χ0) is 8.69. The zero-order valence-corrected chi connectivity index (χ0v) is 7.93.